The number of hydrogen-bond donors (Lipinski definition) is 2. The molecule has 0 saturated carbocycles. The van der Waals surface area contributed by atoms with Crippen molar-refractivity contribution in [2.24, 2.45) is 0 Å². The van der Waals surface area contributed by atoms with Crippen LogP contribution in [0.5, 0.6) is 0 Å². The third-order valence-corrected chi connectivity index (χ3v) is 3.83. The van der Waals surface area contributed by atoms with Crippen LogP contribution in [0.1, 0.15) is 37.6 Å². The molecule has 0 spiro atoms. The Labute approximate surface area is 119 Å². The molecule has 1 aromatic heterocycles. The van der Waals surface area contributed by atoms with Crippen molar-refractivity contribution in [1.29, 1.82) is 0 Å². The average molecular weight is 271 g/mol. The molecule has 2 aromatic rings. The molecule has 1 aliphatic heterocycles. The number of fused-ring (bicyclic) bond motifs is 1. The monoisotopic (exact) mass is 271 g/mol. The minimum atomic E-state index is 0.326. The summed E-state index contributed by atoms with van der Waals surface area (Å²) in [5, 5.41) is 15.5. The lowest BCUT2D eigenvalue weighted by Gasteiger charge is -2.26. The lowest BCUT2D eigenvalue weighted by atomic mass is 9.90. The molecule has 1 unspecified atom stereocenters. The molecule has 5 heteroatoms. The van der Waals surface area contributed by atoms with E-state index in [1.165, 1.54) is 11.3 Å². The van der Waals surface area contributed by atoms with Crippen LogP contribution in [0.15, 0.2) is 24.3 Å². The molecule has 0 saturated heterocycles. The molecule has 1 aliphatic rings. The molecule has 2 heterocycles. The van der Waals surface area contributed by atoms with E-state index >= 15 is 0 Å². The zero-order valence-corrected chi connectivity index (χ0v) is 12.1. The second-order valence-electron chi connectivity index (χ2n) is 5.01. The summed E-state index contributed by atoms with van der Waals surface area (Å²) in [5.41, 5.74) is 2.54. The summed E-state index contributed by atoms with van der Waals surface area (Å²) in [5.74, 6) is 2.27. The van der Waals surface area contributed by atoms with Gasteiger partial charge in [0.25, 0.3) is 0 Å². The number of aromatic nitrogens is 3. The van der Waals surface area contributed by atoms with Crippen LogP contribution in [0.3, 0.4) is 0 Å². The normalized spacial score (nSPS) is 17.4. The Hall–Kier alpha value is -2.04. The van der Waals surface area contributed by atoms with E-state index in [0.29, 0.717) is 5.92 Å². The van der Waals surface area contributed by atoms with Gasteiger partial charge in [-0.05, 0) is 31.9 Å². The first-order valence-electron chi connectivity index (χ1n) is 7.34. The van der Waals surface area contributed by atoms with Crippen LogP contribution >= 0.6 is 0 Å². The zero-order chi connectivity index (χ0) is 13.9. The Morgan fingerprint density at radius 3 is 2.95 bits per heavy atom. The van der Waals surface area contributed by atoms with Crippen LogP contribution in [0.4, 0.5) is 11.6 Å². The molecule has 5 nitrogen and oxygen atoms in total. The van der Waals surface area contributed by atoms with Gasteiger partial charge >= 0.3 is 0 Å². The Kier molecular flexibility index (Phi) is 3.58. The molecule has 1 atom stereocenters. The number of para-hydroxylation sites is 1. The second-order valence-corrected chi connectivity index (χ2v) is 5.01. The fourth-order valence-corrected chi connectivity index (χ4v) is 2.91. The fraction of sp³-hybridized carbons (Fsp3) is 0.467. The van der Waals surface area contributed by atoms with Crippen LogP contribution in [0.25, 0.3) is 0 Å². The summed E-state index contributed by atoms with van der Waals surface area (Å²) in [7, 11) is 0. The molecule has 0 aliphatic carbocycles. The van der Waals surface area contributed by atoms with E-state index in [1.54, 1.807) is 0 Å². The van der Waals surface area contributed by atoms with Crippen molar-refractivity contribution in [3.63, 3.8) is 0 Å². The Morgan fingerprint density at radius 2 is 2.15 bits per heavy atom. The smallest absolute Gasteiger partial charge is 0.224 e. The Bertz CT molecular complexity index is 590. The van der Waals surface area contributed by atoms with Crippen molar-refractivity contribution in [2.75, 3.05) is 23.7 Å². The van der Waals surface area contributed by atoms with Gasteiger partial charge in [0, 0.05) is 31.2 Å². The highest BCUT2D eigenvalue weighted by Crippen LogP contribution is 2.36. The summed E-state index contributed by atoms with van der Waals surface area (Å²) < 4.78 is 2.19. The molecule has 0 bridgehead atoms. The molecule has 0 radical (unpaired) electrons. The van der Waals surface area contributed by atoms with Gasteiger partial charge in [0.2, 0.25) is 5.95 Å². The molecular weight excluding hydrogens is 250 g/mol. The number of benzene rings is 1. The molecule has 0 amide bonds. The number of rotatable bonds is 4. The number of nitrogens with one attached hydrogen (secondary N) is 2. The quantitative estimate of drug-likeness (QED) is 0.897. The molecule has 106 valence electrons. The highest BCUT2D eigenvalue weighted by Gasteiger charge is 2.26. The zero-order valence-electron chi connectivity index (χ0n) is 12.1. The van der Waals surface area contributed by atoms with Gasteiger partial charge in [-0.15, -0.1) is 10.2 Å². The van der Waals surface area contributed by atoms with E-state index in [4.69, 9.17) is 0 Å². The predicted octanol–water partition coefficient (Wildman–Crippen LogP) is 2.68. The lowest BCUT2D eigenvalue weighted by molar-refractivity contribution is 0.612. The second kappa shape index (κ2) is 5.53. The first kappa shape index (κ1) is 13.0. The van der Waals surface area contributed by atoms with E-state index in [0.717, 1.165) is 37.8 Å². The van der Waals surface area contributed by atoms with E-state index < -0.39 is 0 Å². The number of anilines is 2. The minimum Gasteiger partial charge on any atom is -0.385 e. The van der Waals surface area contributed by atoms with Crippen LogP contribution in [-0.4, -0.2) is 27.9 Å². The molecule has 2 N–H and O–H groups in total. The van der Waals surface area contributed by atoms with Crippen molar-refractivity contribution in [2.45, 2.75) is 32.7 Å². The van der Waals surface area contributed by atoms with Crippen LogP contribution in [0, 0.1) is 0 Å². The molecule has 3 rings (SSSR count). The number of nitrogens with zero attached hydrogens (tertiary/aromatic N) is 3. The predicted molar refractivity (Wildman–Crippen MR) is 81.3 cm³/mol. The summed E-state index contributed by atoms with van der Waals surface area (Å²) in [6.45, 7) is 6.95. The maximum atomic E-state index is 4.45. The van der Waals surface area contributed by atoms with Gasteiger partial charge in [0.15, 0.2) is 0 Å². The SMILES string of the molecule is CCNc1nnc(C2CCNc3ccccc32)n1CC. The third kappa shape index (κ3) is 2.13. The highest BCUT2D eigenvalue weighted by atomic mass is 15.3. The highest BCUT2D eigenvalue weighted by molar-refractivity contribution is 5.56. The van der Waals surface area contributed by atoms with Crippen LogP contribution in [0.2, 0.25) is 0 Å². The van der Waals surface area contributed by atoms with Crippen molar-refractivity contribution in [3.05, 3.63) is 35.7 Å². The van der Waals surface area contributed by atoms with Gasteiger partial charge in [-0.3, -0.25) is 4.57 Å². The van der Waals surface area contributed by atoms with Crippen molar-refractivity contribution in [1.82, 2.24) is 14.8 Å². The van der Waals surface area contributed by atoms with Crippen LogP contribution in [-0.2, 0) is 6.54 Å². The first-order chi connectivity index (χ1) is 9.85. The summed E-state index contributed by atoms with van der Waals surface area (Å²) in [6.07, 6.45) is 1.06. The van der Waals surface area contributed by atoms with Gasteiger partial charge < -0.3 is 10.6 Å². The van der Waals surface area contributed by atoms with Gasteiger partial charge in [-0.2, -0.15) is 0 Å². The third-order valence-electron chi connectivity index (χ3n) is 3.83. The van der Waals surface area contributed by atoms with Crippen LogP contribution < -0.4 is 10.6 Å². The van der Waals surface area contributed by atoms with Gasteiger partial charge in [-0.1, -0.05) is 18.2 Å². The average Bonchev–Trinajstić information content (AvgIpc) is 2.89. The van der Waals surface area contributed by atoms with Crippen molar-refractivity contribution in [3.8, 4) is 0 Å². The minimum absolute atomic E-state index is 0.326. The van der Waals surface area contributed by atoms with E-state index in [-0.39, 0.29) is 0 Å². The lowest BCUT2D eigenvalue weighted by Crippen LogP contribution is -2.21. The standard InChI is InChI=1S/C15H21N5/c1-3-16-15-19-18-14(20(15)4-2)12-9-10-17-13-8-6-5-7-11(12)13/h5-8,12,17H,3-4,9-10H2,1-2H3,(H,16,19). The van der Waals surface area contributed by atoms with Crippen molar-refractivity contribution >= 4 is 11.6 Å². The number of hydrogen-bond acceptors (Lipinski definition) is 4. The molecular formula is C15H21N5. The van der Waals surface area contributed by atoms with E-state index in [9.17, 15) is 0 Å². The van der Waals surface area contributed by atoms with Crippen molar-refractivity contribution < 1.29 is 0 Å². The molecule has 0 fully saturated rings. The Morgan fingerprint density at radius 1 is 1.30 bits per heavy atom. The van der Waals surface area contributed by atoms with E-state index in [2.05, 4.69) is 63.5 Å². The Balaban J connectivity index is 2.02. The van der Waals surface area contributed by atoms with Gasteiger partial charge in [-0.25, -0.2) is 0 Å². The van der Waals surface area contributed by atoms with Gasteiger partial charge in [0.1, 0.15) is 5.82 Å². The summed E-state index contributed by atoms with van der Waals surface area (Å²) in [4.78, 5) is 0. The fourth-order valence-electron chi connectivity index (χ4n) is 2.91. The summed E-state index contributed by atoms with van der Waals surface area (Å²) >= 11 is 0. The van der Waals surface area contributed by atoms with E-state index in [1.807, 2.05) is 0 Å². The first-order valence-corrected chi connectivity index (χ1v) is 7.34. The topological polar surface area (TPSA) is 54.8 Å². The van der Waals surface area contributed by atoms with Gasteiger partial charge in [0.05, 0.1) is 0 Å². The maximum absolute atomic E-state index is 4.45. The molecule has 20 heavy (non-hydrogen) atoms. The maximum Gasteiger partial charge on any atom is 0.224 e. The largest absolute Gasteiger partial charge is 0.385 e. The summed E-state index contributed by atoms with van der Waals surface area (Å²) in [6, 6.07) is 8.49. The molecule has 1 aromatic carbocycles.